The monoisotopic (exact) mass is 388 g/mol. The fourth-order valence-electron chi connectivity index (χ4n) is 3.09. The van der Waals surface area contributed by atoms with E-state index in [1.807, 2.05) is 19.9 Å². The fourth-order valence-corrected chi connectivity index (χ4v) is 4.60. The maximum atomic E-state index is 12.9. The van der Waals surface area contributed by atoms with Gasteiger partial charge in [-0.25, -0.2) is 8.42 Å². The van der Waals surface area contributed by atoms with E-state index in [1.54, 1.807) is 48.4 Å². The van der Waals surface area contributed by atoms with Gasteiger partial charge in [0.05, 0.1) is 12.0 Å². The van der Waals surface area contributed by atoms with Gasteiger partial charge in [-0.05, 0) is 55.3 Å². The van der Waals surface area contributed by atoms with E-state index in [-0.39, 0.29) is 19.0 Å². The zero-order valence-corrected chi connectivity index (χ0v) is 16.6. The molecule has 1 amide bonds. The molecule has 144 valence electrons. The Morgan fingerprint density at radius 3 is 2.30 bits per heavy atom. The Hall–Kier alpha value is -2.38. The van der Waals surface area contributed by atoms with Gasteiger partial charge in [0.25, 0.3) is 5.91 Å². The van der Waals surface area contributed by atoms with Gasteiger partial charge in [-0.3, -0.25) is 4.79 Å². The minimum atomic E-state index is -3.55. The zero-order valence-electron chi connectivity index (χ0n) is 15.8. The average Bonchev–Trinajstić information content (AvgIpc) is 2.69. The van der Waals surface area contributed by atoms with Crippen LogP contribution < -0.4 is 4.74 Å². The maximum absolute atomic E-state index is 12.9. The highest BCUT2D eigenvalue weighted by atomic mass is 32.2. The van der Waals surface area contributed by atoms with Gasteiger partial charge in [-0.15, -0.1) is 0 Å². The van der Waals surface area contributed by atoms with Crippen molar-refractivity contribution in [2.45, 2.75) is 18.7 Å². The van der Waals surface area contributed by atoms with Crippen molar-refractivity contribution in [3.63, 3.8) is 0 Å². The number of ether oxygens (including phenoxy) is 1. The van der Waals surface area contributed by atoms with Gasteiger partial charge in [0.1, 0.15) is 5.75 Å². The van der Waals surface area contributed by atoms with E-state index in [2.05, 4.69) is 0 Å². The number of carbonyl (C=O) groups excluding carboxylic acids is 1. The predicted octanol–water partition coefficient (Wildman–Crippen LogP) is 2.46. The first-order valence-electron chi connectivity index (χ1n) is 8.83. The van der Waals surface area contributed by atoms with Gasteiger partial charge in [0.15, 0.2) is 0 Å². The molecular formula is C20H24N2O4S. The molecule has 6 nitrogen and oxygen atoms in total. The van der Waals surface area contributed by atoms with Gasteiger partial charge >= 0.3 is 0 Å². The standard InChI is InChI=1S/C20H24N2O4S/c1-15-7-8-19(13-16(15)2)27(24,25)22-11-9-21(10-12-22)20(23)17-5-4-6-18(14-17)26-3/h4-8,13-14H,9-12H2,1-3H3. The number of nitrogens with zero attached hydrogens (tertiary/aromatic N) is 2. The molecule has 0 spiro atoms. The number of sulfonamides is 1. The largest absolute Gasteiger partial charge is 0.497 e. The minimum Gasteiger partial charge on any atom is -0.497 e. The van der Waals surface area contributed by atoms with Gasteiger partial charge in [-0.2, -0.15) is 4.31 Å². The van der Waals surface area contributed by atoms with Crippen molar-refractivity contribution in [1.82, 2.24) is 9.21 Å². The van der Waals surface area contributed by atoms with Gasteiger partial charge in [0.2, 0.25) is 10.0 Å². The summed E-state index contributed by atoms with van der Waals surface area (Å²) in [6.07, 6.45) is 0. The molecule has 0 aliphatic carbocycles. The van der Waals surface area contributed by atoms with Crippen molar-refractivity contribution in [2.75, 3.05) is 33.3 Å². The van der Waals surface area contributed by atoms with Gasteiger partial charge in [0, 0.05) is 31.7 Å². The van der Waals surface area contributed by atoms with Crippen molar-refractivity contribution in [1.29, 1.82) is 0 Å². The molecule has 0 N–H and O–H groups in total. The molecule has 0 atom stereocenters. The van der Waals surface area contributed by atoms with Crippen molar-refractivity contribution in [3.05, 3.63) is 59.2 Å². The summed E-state index contributed by atoms with van der Waals surface area (Å²) in [5.41, 5.74) is 2.55. The van der Waals surface area contributed by atoms with E-state index in [4.69, 9.17) is 4.74 Å². The van der Waals surface area contributed by atoms with E-state index in [1.165, 1.54) is 4.31 Å². The Balaban J connectivity index is 1.70. The Morgan fingerprint density at radius 1 is 0.963 bits per heavy atom. The number of aryl methyl sites for hydroxylation is 2. The smallest absolute Gasteiger partial charge is 0.254 e. The molecule has 0 radical (unpaired) electrons. The van der Waals surface area contributed by atoms with Gasteiger partial charge in [-0.1, -0.05) is 12.1 Å². The van der Waals surface area contributed by atoms with Crippen LogP contribution >= 0.6 is 0 Å². The minimum absolute atomic E-state index is 0.114. The van der Waals surface area contributed by atoms with E-state index >= 15 is 0 Å². The van der Waals surface area contributed by atoms with Crippen LogP contribution in [0.25, 0.3) is 0 Å². The molecule has 0 saturated carbocycles. The molecule has 1 aliphatic rings. The van der Waals surface area contributed by atoms with E-state index < -0.39 is 10.0 Å². The first-order valence-corrected chi connectivity index (χ1v) is 10.3. The molecule has 1 fully saturated rings. The van der Waals surface area contributed by atoms with Crippen LogP contribution in [0.15, 0.2) is 47.4 Å². The molecule has 0 bridgehead atoms. The van der Waals surface area contributed by atoms with E-state index in [0.29, 0.717) is 29.3 Å². The summed E-state index contributed by atoms with van der Waals surface area (Å²) in [7, 11) is -1.99. The molecule has 27 heavy (non-hydrogen) atoms. The number of hydrogen-bond acceptors (Lipinski definition) is 4. The highest BCUT2D eigenvalue weighted by Gasteiger charge is 2.30. The van der Waals surface area contributed by atoms with Crippen molar-refractivity contribution in [3.8, 4) is 5.75 Å². The first-order chi connectivity index (χ1) is 12.8. The quantitative estimate of drug-likeness (QED) is 0.807. The zero-order chi connectivity index (χ0) is 19.6. The molecule has 2 aromatic carbocycles. The third-order valence-electron chi connectivity index (χ3n) is 4.96. The Labute approximate surface area is 160 Å². The fraction of sp³-hybridized carbons (Fsp3) is 0.350. The molecule has 1 heterocycles. The lowest BCUT2D eigenvalue weighted by molar-refractivity contribution is 0.0697. The molecular weight excluding hydrogens is 364 g/mol. The summed E-state index contributed by atoms with van der Waals surface area (Å²) in [4.78, 5) is 14.7. The third-order valence-corrected chi connectivity index (χ3v) is 6.85. The van der Waals surface area contributed by atoms with Crippen LogP contribution in [0.4, 0.5) is 0 Å². The summed E-state index contributed by atoms with van der Waals surface area (Å²) in [6.45, 7) is 5.14. The topological polar surface area (TPSA) is 66.9 Å². The molecule has 2 aromatic rings. The average molecular weight is 388 g/mol. The Kier molecular flexibility index (Phi) is 5.53. The lowest BCUT2D eigenvalue weighted by Gasteiger charge is -2.34. The van der Waals surface area contributed by atoms with Crippen molar-refractivity contribution >= 4 is 15.9 Å². The molecule has 3 rings (SSSR count). The third kappa shape index (κ3) is 3.99. The summed E-state index contributed by atoms with van der Waals surface area (Å²) in [5, 5.41) is 0. The number of piperazine rings is 1. The number of benzene rings is 2. The van der Waals surface area contributed by atoms with Crippen LogP contribution in [-0.4, -0.2) is 56.8 Å². The summed E-state index contributed by atoms with van der Waals surface area (Å²) >= 11 is 0. The number of carbonyl (C=O) groups is 1. The second kappa shape index (κ2) is 7.70. The maximum Gasteiger partial charge on any atom is 0.254 e. The predicted molar refractivity (Wildman–Crippen MR) is 104 cm³/mol. The van der Waals surface area contributed by atoms with Crippen LogP contribution in [0.2, 0.25) is 0 Å². The van der Waals surface area contributed by atoms with Crippen LogP contribution in [0, 0.1) is 13.8 Å². The number of rotatable bonds is 4. The number of methoxy groups -OCH3 is 1. The summed E-state index contributed by atoms with van der Waals surface area (Å²) < 4.78 is 32.4. The van der Waals surface area contributed by atoms with Crippen LogP contribution in [0.1, 0.15) is 21.5 Å². The molecule has 1 saturated heterocycles. The molecule has 0 unspecified atom stereocenters. The lowest BCUT2D eigenvalue weighted by atomic mass is 10.1. The normalized spacial score (nSPS) is 15.6. The lowest BCUT2D eigenvalue weighted by Crippen LogP contribution is -2.50. The van der Waals surface area contributed by atoms with Crippen molar-refractivity contribution in [2.24, 2.45) is 0 Å². The first kappa shape index (κ1) is 19.4. The molecule has 0 aromatic heterocycles. The Bertz CT molecular complexity index is 948. The second-order valence-electron chi connectivity index (χ2n) is 6.67. The number of hydrogen-bond donors (Lipinski definition) is 0. The summed E-state index contributed by atoms with van der Waals surface area (Å²) in [6, 6.07) is 12.2. The highest BCUT2D eigenvalue weighted by Crippen LogP contribution is 2.21. The highest BCUT2D eigenvalue weighted by molar-refractivity contribution is 7.89. The Morgan fingerprint density at radius 2 is 1.67 bits per heavy atom. The van der Waals surface area contributed by atoms with Gasteiger partial charge < -0.3 is 9.64 Å². The SMILES string of the molecule is COc1cccc(C(=O)N2CCN(S(=O)(=O)c3ccc(C)c(C)c3)CC2)c1. The van der Waals surface area contributed by atoms with Crippen LogP contribution in [0.3, 0.4) is 0 Å². The molecule has 7 heteroatoms. The van der Waals surface area contributed by atoms with Crippen LogP contribution in [0.5, 0.6) is 5.75 Å². The second-order valence-corrected chi connectivity index (χ2v) is 8.61. The molecule has 1 aliphatic heterocycles. The summed E-state index contributed by atoms with van der Waals surface area (Å²) in [5.74, 6) is 0.508. The van der Waals surface area contributed by atoms with E-state index in [0.717, 1.165) is 11.1 Å². The van der Waals surface area contributed by atoms with E-state index in [9.17, 15) is 13.2 Å². The van der Waals surface area contributed by atoms with Crippen LogP contribution in [-0.2, 0) is 10.0 Å². The number of amides is 1. The van der Waals surface area contributed by atoms with Crippen molar-refractivity contribution < 1.29 is 17.9 Å².